The highest BCUT2D eigenvalue weighted by atomic mass is 19.4. The van der Waals surface area contributed by atoms with Crippen LogP contribution < -0.4 is 0 Å². The molecule has 0 spiro atoms. The lowest BCUT2D eigenvalue weighted by Crippen LogP contribution is -2.35. The van der Waals surface area contributed by atoms with E-state index in [1.807, 2.05) is 26.0 Å². The molecule has 1 aliphatic heterocycles. The van der Waals surface area contributed by atoms with Crippen LogP contribution in [0.1, 0.15) is 84.3 Å². The van der Waals surface area contributed by atoms with Crippen molar-refractivity contribution in [1.82, 2.24) is 4.90 Å². The van der Waals surface area contributed by atoms with Crippen LogP contribution in [0.3, 0.4) is 0 Å². The number of nitrogens with zero attached hydrogens (tertiary/aromatic N) is 1. The number of allylic oxidation sites excluding steroid dienone is 1. The van der Waals surface area contributed by atoms with E-state index in [4.69, 9.17) is 4.74 Å². The van der Waals surface area contributed by atoms with Gasteiger partial charge in [-0.25, -0.2) is 9.59 Å². The van der Waals surface area contributed by atoms with Crippen molar-refractivity contribution in [2.45, 2.75) is 72.2 Å². The summed E-state index contributed by atoms with van der Waals surface area (Å²) in [5.74, 6) is -0.975. The number of carbonyl (C=O) groups excluding carboxylic acids is 1. The average molecular weight is 592 g/mol. The summed E-state index contributed by atoms with van der Waals surface area (Å²) in [6, 6.07) is 16.4. The van der Waals surface area contributed by atoms with Gasteiger partial charge in [0.15, 0.2) is 0 Å². The minimum absolute atomic E-state index is 0.0173. The number of carbonyl (C=O) groups is 2. The highest BCUT2D eigenvalue weighted by Gasteiger charge is 2.42. The second-order valence-corrected chi connectivity index (χ2v) is 12.6. The summed E-state index contributed by atoms with van der Waals surface area (Å²) in [6.45, 7) is 10.2. The van der Waals surface area contributed by atoms with Crippen LogP contribution in [0.4, 0.5) is 18.0 Å². The first-order valence-corrected chi connectivity index (χ1v) is 14.4. The van der Waals surface area contributed by atoms with E-state index in [2.05, 4.69) is 32.0 Å². The molecule has 0 bridgehead atoms. The number of hydrogen-bond donors (Lipinski definition) is 1. The molecule has 5 rings (SSSR count). The number of carboxylic acids is 1. The molecule has 0 unspecified atom stereocenters. The number of aromatic carboxylic acids is 1. The summed E-state index contributed by atoms with van der Waals surface area (Å²) in [7, 11) is 0. The Hall–Kier alpha value is -4.07. The van der Waals surface area contributed by atoms with Crippen molar-refractivity contribution in [3.05, 3.63) is 99.6 Å². The van der Waals surface area contributed by atoms with Gasteiger partial charge in [-0.1, -0.05) is 49.7 Å². The molecule has 226 valence electrons. The van der Waals surface area contributed by atoms with Crippen molar-refractivity contribution in [1.29, 1.82) is 0 Å². The number of ether oxygens (including phenoxy) is 1. The Balaban J connectivity index is 1.49. The predicted octanol–water partition coefficient (Wildman–Crippen LogP) is 9.23. The van der Waals surface area contributed by atoms with Gasteiger partial charge in [0.25, 0.3) is 0 Å². The molecule has 0 aromatic heterocycles. The molecule has 1 heterocycles. The van der Waals surface area contributed by atoms with Gasteiger partial charge in [-0.05, 0) is 115 Å². The van der Waals surface area contributed by atoms with Crippen molar-refractivity contribution >= 4 is 17.6 Å². The molecule has 2 aliphatic rings. The summed E-state index contributed by atoms with van der Waals surface area (Å²) in [5.41, 5.74) is 6.56. The number of cyclic esters (lactones) is 1. The number of hydrogen-bond acceptors (Lipinski definition) is 3. The molecule has 43 heavy (non-hydrogen) atoms. The van der Waals surface area contributed by atoms with E-state index in [1.165, 1.54) is 0 Å². The molecule has 1 amide bonds. The minimum atomic E-state index is -4.50. The van der Waals surface area contributed by atoms with Crippen molar-refractivity contribution in [3.8, 4) is 11.1 Å². The van der Waals surface area contributed by atoms with Crippen LogP contribution in [0.2, 0.25) is 0 Å². The van der Waals surface area contributed by atoms with E-state index >= 15 is 0 Å². The van der Waals surface area contributed by atoms with E-state index < -0.39 is 35.9 Å². The van der Waals surface area contributed by atoms with Gasteiger partial charge in [-0.15, -0.1) is 0 Å². The quantitative estimate of drug-likeness (QED) is 0.310. The third-order valence-electron chi connectivity index (χ3n) is 8.71. The lowest BCUT2D eigenvalue weighted by Gasteiger charge is -2.35. The Morgan fingerprint density at radius 3 is 2.35 bits per heavy atom. The zero-order valence-corrected chi connectivity index (χ0v) is 25.0. The zero-order valence-electron chi connectivity index (χ0n) is 25.0. The lowest BCUT2D eigenvalue weighted by molar-refractivity contribution is -0.137. The summed E-state index contributed by atoms with van der Waals surface area (Å²) in [5, 5.41) is 9.29. The van der Waals surface area contributed by atoms with Gasteiger partial charge in [0, 0.05) is 6.54 Å². The summed E-state index contributed by atoms with van der Waals surface area (Å²) in [6.07, 6.45) is -3.29. The van der Waals surface area contributed by atoms with Crippen LogP contribution in [0, 0.1) is 19.3 Å². The number of aryl methyl sites for hydroxylation is 2. The van der Waals surface area contributed by atoms with Crippen LogP contribution in [-0.2, 0) is 10.9 Å². The number of carboxylic acid groups (broad SMARTS) is 1. The van der Waals surface area contributed by atoms with Crippen molar-refractivity contribution in [2.24, 2.45) is 5.41 Å². The molecule has 8 heteroatoms. The molecule has 3 aromatic rings. The largest absolute Gasteiger partial charge is 0.478 e. The van der Waals surface area contributed by atoms with E-state index in [1.54, 1.807) is 30.0 Å². The number of amides is 1. The molecule has 1 fully saturated rings. The maximum atomic E-state index is 13.5. The molecule has 1 N–H and O–H groups in total. The molecule has 0 saturated carbocycles. The van der Waals surface area contributed by atoms with Crippen LogP contribution in [0.25, 0.3) is 16.7 Å². The standard InChI is InChI=1S/C35H36F3NO4/c1-20-14-26(16-28(15-20)35(36,37)38)31-22(3)39(33(42)43-31)19-27-18-34(4,5)13-12-29(27)25-7-6-21(2)30(17-25)23-8-10-24(11-9-23)32(40)41/h6-11,14-17,22,31H,12-13,18-19H2,1-5H3,(H,40,41)/t22-,31-/m0/s1. The summed E-state index contributed by atoms with van der Waals surface area (Å²) in [4.78, 5) is 26.2. The third kappa shape index (κ3) is 6.33. The van der Waals surface area contributed by atoms with Gasteiger partial charge in [0.05, 0.1) is 17.2 Å². The number of halogens is 3. The Labute approximate surface area is 250 Å². The van der Waals surface area contributed by atoms with Crippen molar-refractivity contribution < 1.29 is 32.6 Å². The summed E-state index contributed by atoms with van der Waals surface area (Å²) >= 11 is 0. The van der Waals surface area contributed by atoms with Gasteiger partial charge < -0.3 is 9.84 Å². The molecular formula is C35H36F3NO4. The fourth-order valence-corrected chi connectivity index (χ4v) is 6.33. The van der Waals surface area contributed by atoms with E-state index in [9.17, 15) is 27.9 Å². The van der Waals surface area contributed by atoms with Gasteiger partial charge >= 0.3 is 18.2 Å². The maximum absolute atomic E-state index is 13.5. The SMILES string of the molecule is Cc1cc([C@H]2OC(=O)N(CC3=C(c4ccc(C)c(-c5ccc(C(=O)O)cc5)c4)CCC(C)(C)C3)[C@H]2C)cc(C(F)(F)F)c1. The van der Waals surface area contributed by atoms with E-state index in [-0.39, 0.29) is 11.0 Å². The van der Waals surface area contributed by atoms with Gasteiger partial charge in [-0.3, -0.25) is 4.90 Å². The molecule has 0 radical (unpaired) electrons. The molecule has 1 aliphatic carbocycles. The smallest absolute Gasteiger partial charge is 0.416 e. The monoisotopic (exact) mass is 591 g/mol. The Morgan fingerprint density at radius 2 is 1.70 bits per heavy atom. The Bertz CT molecular complexity index is 1600. The normalized spacial score (nSPS) is 20.4. The zero-order chi connectivity index (χ0) is 31.3. The molecular weight excluding hydrogens is 555 g/mol. The molecule has 2 atom stereocenters. The van der Waals surface area contributed by atoms with Crippen LogP contribution >= 0.6 is 0 Å². The molecule has 3 aromatic carbocycles. The highest BCUT2D eigenvalue weighted by Crippen LogP contribution is 2.45. The fraction of sp³-hybridized carbons (Fsp3) is 0.371. The first kappa shape index (κ1) is 30.4. The Morgan fingerprint density at radius 1 is 1.02 bits per heavy atom. The minimum Gasteiger partial charge on any atom is -0.478 e. The fourth-order valence-electron chi connectivity index (χ4n) is 6.33. The van der Waals surface area contributed by atoms with Gasteiger partial charge in [-0.2, -0.15) is 13.2 Å². The van der Waals surface area contributed by atoms with Gasteiger partial charge in [0.1, 0.15) is 6.10 Å². The van der Waals surface area contributed by atoms with Crippen LogP contribution in [-0.4, -0.2) is 34.7 Å². The second kappa shape index (κ2) is 11.2. The van der Waals surface area contributed by atoms with E-state index in [0.717, 1.165) is 64.8 Å². The first-order valence-electron chi connectivity index (χ1n) is 14.4. The highest BCUT2D eigenvalue weighted by molar-refractivity contribution is 5.88. The third-order valence-corrected chi connectivity index (χ3v) is 8.71. The first-order chi connectivity index (χ1) is 20.1. The average Bonchev–Trinajstić information content (AvgIpc) is 3.21. The second-order valence-electron chi connectivity index (χ2n) is 12.6. The molecule has 5 nitrogen and oxygen atoms in total. The van der Waals surface area contributed by atoms with E-state index in [0.29, 0.717) is 17.7 Å². The summed E-state index contributed by atoms with van der Waals surface area (Å²) < 4.78 is 46.3. The van der Waals surface area contributed by atoms with Crippen LogP contribution in [0.15, 0.2) is 66.2 Å². The number of rotatable bonds is 6. The number of benzene rings is 3. The lowest BCUT2D eigenvalue weighted by atomic mass is 9.72. The van der Waals surface area contributed by atoms with Crippen molar-refractivity contribution in [2.75, 3.05) is 6.54 Å². The topological polar surface area (TPSA) is 66.8 Å². The number of alkyl halides is 3. The molecule has 1 saturated heterocycles. The maximum Gasteiger partial charge on any atom is 0.416 e. The van der Waals surface area contributed by atoms with Gasteiger partial charge in [0.2, 0.25) is 0 Å². The predicted molar refractivity (Wildman–Crippen MR) is 160 cm³/mol. The Kier molecular flexibility index (Phi) is 7.92. The van der Waals surface area contributed by atoms with Crippen molar-refractivity contribution in [3.63, 3.8) is 0 Å². The van der Waals surface area contributed by atoms with Crippen LogP contribution in [0.5, 0.6) is 0 Å².